The zero-order valence-corrected chi connectivity index (χ0v) is 13.8. The molecule has 1 N–H and O–H groups in total. The van der Waals surface area contributed by atoms with Gasteiger partial charge < -0.3 is 10.1 Å². The van der Waals surface area contributed by atoms with E-state index in [-0.39, 0.29) is 5.97 Å². The highest BCUT2D eigenvalue weighted by Gasteiger charge is 2.39. The molecule has 3 rings (SSSR count). The van der Waals surface area contributed by atoms with Gasteiger partial charge in [-0.15, -0.1) is 0 Å². The van der Waals surface area contributed by atoms with E-state index in [1.54, 1.807) is 0 Å². The topological polar surface area (TPSA) is 38.3 Å². The molecule has 0 saturated carbocycles. The molecule has 0 radical (unpaired) electrons. The number of benzene rings is 2. The highest BCUT2D eigenvalue weighted by molar-refractivity contribution is 5.84. The van der Waals surface area contributed by atoms with Crippen LogP contribution in [-0.2, 0) is 16.0 Å². The van der Waals surface area contributed by atoms with Crippen LogP contribution in [0.4, 0.5) is 0 Å². The summed E-state index contributed by atoms with van der Waals surface area (Å²) in [6.45, 7) is 3.19. The van der Waals surface area contributed by atoms with Crippen LogP contribution in [0.25, 0.3) is 10.8 Å². The number of hydrogen-bond acceptors (Lipinski definition) is 3. The van der Waals surface area contributed by atoms with Crippen LogP contribution < -0.4 is 5.32 Å². The lowest BCUT2D eigenvalue weighted by Crippen LogP contribution is -2.54. The lowest BCUT2D eigenvalue weighted by atomic mass is 9.86. The predicted octanol–water partition coefficient (Wildman–Crippen LogP) is 3.85. The highest BCUT2D eigenvalue weighted by atomic mass is 16.5. The Kier molecular flexibility index (Phi) is 4.97. The standard InChI is InChI=1S/C20H25NO2/c1-2-23-19(22)20(12-6-3-7-13-21-20)15-16-10-11-17-8-4-5-9-18(17)14-16/h4-5,8-11,14,21H,2-3,6-7,12-13,15H2,1H3. The maximum Gasteiger partial charge on any atom is 0.326 e. The third-order valence-electron chi connectivity index (χ3n) is 4.73. The largest absolute Gasteiger partial charge is 0.465 e. The Morgan fingerprint density at radius 3 is 2.78 bits per heavy atom. The van der Waals surface area contributed by atoms with Crippen molar-refractivity contribution < 1.29 is 9.53 Å². The number of esters is 1. The van der Waals surface area contributed by atoms with Gasteiger partial charge in [0, 0.05) is 6.42 Å². The van der Waals surface area contributed by atoms with E-state index in [1.807, 2.05) is 6.92 Å². The first-order chi connectivity index (χ1) is 11.2. The number of rotatable bonds is 4. The molecule has 0 spiro atoms. The molecule has 1 fully saturated rings. The van der Waals surface area contributed by atoms with Crippen molar-refractivity contribution in [2.24, 2.45) is 0 Å². The number of carbonyl (C=O) groups excluding carboxylic acids is 1. The molecule has 2 aromatic rings. The number of hydrogen-bond donors (Lipinski definition) is 1. The fraction of sp³-hybridized carbons (Fsp3) is 0.450. The van der Waals surface area contributed by atoms with Gasteiger partial charge in [-0.2, -0.15) is 0 Å². The van der Waals surface area contributed by atoms with Crippen LogP contribution >= 0.6 is 0 Å². The molecule has 1 aliphatic rings. The molecule has 1 saturated heterocycles. The van der Waals surface area contributed by atoms with Crippen LogP contribution in [0.5, 0.6) is 0 Å². The van der Waals surface area contributed by atoms with E-state index in [0.29, 0.717) is 13.0 Å². The van der Waals surface area contributed by atoms with E-state index in [9.17, 15) is 4.79 Å². The minimum absolute atomic E-state index is 0.102. The third kappa shape index (κ3) is 3.56. The second-order valence-electron chi connectivity index (χ2n) is 6.40. The summed E-state index contributed by atoms with van der Waals surface area (Å²) in [4.78, 5) is 12.7. The Balaban J connectivity index is 1.90. The Morgan fingerprint density at radius 2 is 1.96 bits per heavy atom. The summed E-state index contributed by atoms with van der Waals surface area (Å²) >= 11 is 0. The van der Waals surface area contributed by atoms with Gasteiger partial charge in [0.25, 0.3) is 0 Å². The van der Waals surface area contributed by atoms with Gasteiger partial charge in [-0.25, -0.2) is 0 Å². The fourth-order valence-electron chi connectivity index (χ4n) is 3.51. The molecular weight excluding hydrogens is 286 g/mol. The first kappa shape index (κ1) is 16.0. The van der Waals surface area contributed by atoms with E-state index in [0.717, 1.165) is 25.8 Å². The van der Waals surface area contributed by atoms with Crippen molar-refractivity contribution >= 4 is 16.7 Å². The van der Waals surface area contributed by atoms with Gasteiger partial charge in [-0.05, 0) is 42.6 Å². The van der Waals surface area contributed by atoms with Crippen molar-refractivity contribution in [2.75, 3.05) is 13.2 Å². The summed E-state index contributed by atoms with van der Waals surface area (Å²) in [7, 11) is 0. The lowest BCUT2D eigenvalue weighted by Gasteiger charge is -2.31. The van der Waals surface area contributed by atoms with Crippen LogP contribution in [0, 0.1) is 0 Å². The SMILES string of the molecule is CCOC(=O)C1(Cc2ccc3ccccc3c2)CCCCCN1. The van der Waals surface area contributed by atoms with Crippen molar-refractivity contribution in [3.05, 3.63) is 48.0 Å². The number of nitrogens with one attached hydrogen (secondary N) is 1. The van der Waals surface area contributed by atoms with Crippen molar-refractivity contribution in [1.82, 2.24) is 5.32 Å². The van der Waals surface area contributed by atoms with E-state index in [1.165, 1.54) is 22.8 Å². The van der Waals surface area contributed by atoms with Crippen LogP contribution in [0.1, 0.15) is 38.2 Å². The maximum absolute atomic E-state index is 12.7. The molecule has 3 nitrogen and oxygen atoms in total. The fourth-order valence-corrected chi connectivity index (χ4v) is 3.51. The molecule has 1 atom stereocenters. The third-order valence-corrected chi connectivity index (χ3v) is 4.73. The summed E-state index contributed by atoms with van der Waals surface area (Å²) in [5.41, 5.74) is 0.612. The zero-order chi connectivity index (χ0) is 16.1. The van der Waals surface area contributed by atoms with Gasteiger partial charge in [-0.3, -0.25) is 4.79 Å². The van der Waals surface area contributed by atoms with Gasteiger partial charge >= 0.3 is 5.97 Å². The number of fused-ring (bicyclic) bond motifs is 1. The lowest BCUT2D eigenvalue weighted by molar-refractivity contribution is -0.151. The van der Waals surface area contributed by atoms with Crippen LogP contribution in [-0.4, -0.2) is 24.7 Å². The molecule has 0 amide bonds. The van der Waals surface area contributed by atoms with Gasteiger partial charge in [0.05, 0.1) is 6.61 Å². The minimum atomic E-state index is -0.574. The monoisotopic (exact) mass is 311 g/mol. The molecule has 0 bridgehead atoms. The van der Waals surface area contributed by atoms with Crippen molar-refractivity contribution in [2.45, 2.75) is 44.6 Å². The first-order valence-electron chi connectivity index (χ1n) is 8.63. The molecule has 3 heteroatoms. The Morgan fingerprint density at radius 1 is 1.13 bits per heavy atom. The first-order valence-corrected chi connectivity index (χ1v) is 8.63. The molecule has 2 aromatic carbocycles. The van der Waals surface area contributed by atoms with E-state index >= 15 is 0 Å². The van der Waals surface area contributed by atoms with Gasteiger partial charge in [-0.1, -0.05) is 55.3 Å². The molecule has 1 aliphatic heterocycles. The molecule has 1 heterocycles. The molecule has 0 aliphatic carbocycles. The van der Waals surface area contributed by atoms with Crippen LogP contribution in [0.3, 0.4) is 0 Å². The Hall–Kier alpha value is -1.87. The second kappa shape index (κ2) is 7.14. The molecule has 122 valence electrons. The van der Waals surface area contributed by atoms with E-state index in [2.05, 4.69) is 47.8 Å². The van der Waals surface area contributed by atoms with E-state index < -0.39 is 5.54 Å². The van der Waals surface area contributed by atoms with E-state index in [4.69, 9.17) is 4.74 Å². The summed E-state index contributed by atoms with van der Waals surface area (Å²) < 4.78 is 5.40. The number of ether oxygens (including phenoxy) is 1. The minimum Gasteiger partial charge on any atom is -0.465 e. The smallest absolute Gasteiger partial charge is 0.326 e. The van der Waals surface area contributed by atoms with Crippen molar-refractivity contribution in [3.63, 3.8) is 0 Å². The van der Waals surface area contributed by atoms with Crippen LogP contribution in [0.15, 0.2) is 42.5 Å². The van der Waals surface area contributed by atoms with Crippen LogP contribution in [0.2, 0.25) is 0 Å². The molecule has 0 aromatic heterocycles. The predicted molar refractivity (Wildman–Crippen MR) is 93.5 cm³/mol. The summed E-state index contributed by atoms with van der Waals surface area (Å²) in [5.74, 6) is -0.102. The average molecular weight is 311 g/mol. The normalized spacial score (nSPS) is 21.8. The Labute approximate surface area is 138 Å². The maximum atomic E-state index is 12.7. The van der Waals surface area contributed by atoms with Crippen molar-refractivity contribution in [1.29, 1.82) is 0 Å². The molecular formula is C20H25NO2. The van der Waals surface area contributed by atoms with Gasteiger partial charge in [0.1, 0.15) is 5.54 Å². The van der Waals surface area contributed by atoms with Gasteiger partial charge in [0.2, 0.25) is 0 Å². The number of carbonyl (C=O) groups is 1. The molecule has 23 heavy (non-hydrogen) atoms. The summed E-state index contributed by atoms with van der Waals surface area (Å²) in [5, 5.41) is 5.95. The molecule has 1 unspecified atom stereocenters. The average Bonchev–Trinajstić information content (AvgIpc) is 2.81. The summed E-state index contributed by atoms with van der Waals surface area (Å²) in [6.07, 6.45) is 4.90. The highest BCUT2D eigenvalue weighted by Crippen LogP contribution is 2.27. The van der Waals surface area contributed by atoms with Crippen molar-refractivity contribution in [3.8, 4) is 0 Å². The summed E-state index contributed by atoms with van der Waals surface area (Å²) in [6, 6.07) is 14.8. The zero-order valence-electron chi connectivity index (χ0n) is 13.8. The quantitative estimate of drug-likeness (QED) is 0.872. The Bertz CT molecular complexity index is 672. The second-order valence-corrected chi connectivity index (χ2v) is 6.40. The van der Waals surface area contributed by atoms with Gasteiger partial charge in [0.15, 0.2) is 0 Å².